The van der Waals surface area contributed by atoms with Crippen molar-refractivity contribution in [2.24, 2.45) is 40.1 Å². The average molecular weight is 1240 g/mol. The highest BCUT2D eigenvalue weighted by atomic mass is 32.2. The third-order valence-corrected chi connectivity index (χ3v) is 16.7. The summed E-state index contributed by atoms with van der Waals surface area (Å²) in [7, 11) is 0. The number of oxazole rings is 1. The molecule has 0 atom stereocenters. The minimum absolute atomic E-state index is 0.0354. The highest BCUT2D eigenvalue weighted by Crippen LogP contribution is 2.30. The van der Waals surface area contributed by atoms with Crippen LogP contribution in [0.5, 0.6) is 0 Å². The summed E-state index contributed by atoms with van der Waals surface area (Å²) < 4.78 is 7.39. The number of carbonyl (C=O) groups is 8. The Morgan fingerprint density at radius 1 is 0.588 bits per heavy atom. The number of H-pyrrole nitrogens is 1. The summed E-state index contributed by atoms with van der Waals surface area (Å²) in [5.41, 5.74) is 39.5. The summed E-state index contributed by atoms with van der Waals surface area (Å²) >= 11 is 10.9. The Balaban J connectivity index is 0.000000324. The monoisotopic (exact) mass is 1240 g/mol. The van der Waals surface area contributed by atoms with E-state index in [-0.39, 0.29) is 57.8 Å². The van der Waals surface area contributed by atoms with Crippen LogP contribution < -0.4 is 40.1 Å². The van der Waals surface area contributed by atoms with Crippen LogP contribution in [0.15, 0.2) is 122 Å². The number of hydrogen-bond acceptors (Lipinski definition) is 20. The number of benzene rings is 4. The van der Waals surface area contributed by atoms with Crippen molar-refractivity contribution in [3.8, 4) is 12.3 Å². The van der Waals surface area contributed by atoms with Crippen molar-refractivity contribution in [3.63, 3.8) is 0 Å². The lowest BCUT2D eigenvalue weighted by Crippen LogP contribution is -2.17. The maximum Gasteiger partial charge on any atom is 0.257 e. The number of nitrogens with one attached hydrogen (secondary N) is 1. The SMILES string of the molecule is C#CCSCC(N)=O.CSCC(N)=O.NC(=O)CSC(=O)c1ccccc1.NC(=O)CSC1CCCCC1.NC(=O)CSc1nc2ccccc2[nH]1.NC(=O)CSc1nc2ccccc2o1.NC(=O)CSc1nc2ccccc2s1. The number of fused-ring (bicyclic) bond motifs is 3. The average Bonchev–Trinajstić information content (AvgIpc) is 4.21. The van der Waals surface area contributed by atoms with Gasteiger partial charge in [0.05, 0.1) is 67.3 Å². The fourth-order valence-corrected chi connectivity index (χ4v) is 11.2. The number of nitrogens with two attached hydrogens (primary N) is 7. The van der Waals surface area contributed by atoms with Gasteiger partial charge in [0.1, 0.15) is 5.52 Å². The van der Waals surface area contributed by atoms with E-state index in [1.54, 1.807) is 47.4 Å². The third-order valence-electron chi connectivity index (χ3n) is 9.03. The summed E-state index contributed by atoms with van der Waals surface area (Å²) in [6.07, 6.45) is 13.3. The van der Waals surface area contributed by atoms with Gasteiger partial charge >= 0.3 is 0 Å². The van der Waals surface area contributed by atoms with Crippen molar-refractivity contribution >= 4 is 172 Å². The normalized spacial score (nSPS) is 11.2. The second-order valence-electron chi connectivity index (χ2n) is 15.7. The highest BCUT2D eigenvalue weighted by molar-refractivity contribution is 8.14. The van der Waals surface area contributed by atoms with Crippen molar-refractivity contribution < 1.29 is 42.8 Å². The minimum Gasteiger partial charge on any atom is -0.431 e. The van der Waals surface area contributed by atoms with Crippen molar-refractivity contribution in [1.82, 2.24) is 19.9 Å². The number of para-hydroxylation sites is 5. The molecule has 428 valence electrons. The van der Waals surface area contributed by atoms with Gasteiger partial charge in [-0.25, -0.2) is 15.0 Å². The molecule has 20 nitrogen and oxygen atoms in total. The van der Waals surface area contributed by atoms with Gasteiger partial charge in [0.25, 0.3) is 5.22 Å². The molecule has 0 aliphatic heterocycles. The number of aromatic amines is 1. The molecule has 7 aromatic rings. The van der Waals surface area contributed by atoms with Gasteiger partial charge in [0, 0.05) is 10.8 Å². The lowest BCUT2D eigenvalue weighted by atomic mass is 10.0. The molecule has 3 aromatic heterocycles. The van der Waals surface area contributed by atoms with Gasteiger partial charge in [0.15, 0.2) is 15.1 Å². The first-order chi connectivity index (χ1) is 38.3. The number of amides is 7. The minimum atomic E-state index is -0.478. The number of terminal acetylenes is 1. The summed E-state index contributed by atoms with van der Waals surface area (Å²) in [4.78, 5) is 99.5. The number of carbonyl (C=O) groups excluding carboxylic acids is 8. The van der Waals surface area contributed by atoms with Crippen LogP contribution in [0.4, 0.5) is 0 Å². The zero-order valence-corrected chi connectivity index (χ0v) is 50.0. The zero-order chi connectivity index (χ0) is 59.1. The van der Waals surface area contributed by atoms with Crippen LogP contribution in [0.1, 0.15) is 42.5 Å². The lowest BCUT2D eigenvalue weighted by Gasteiger charge is -2.19. The molecule has 1 fully saturated rings. The van der Waals surface area contributed by atoms with E-state index in [2.05, 4.69) is 25.9 Å². The van der Waals surface area contributed by atoms with Crippen molar-refractivity contribution in [3.05, 3.63) is 109 Å². The molecule has 0 bridgehead atoms. The molecule has 0 spiro atoms. The van der Waals surface area contributed by atoms with Gasteiger partial charge < -0.3 is 49.5 Å². The van der Waals surface area contributed by atoms with Crippen LogP contribution in [0.3, 0.4) is 0 Å². The van der Waals surface area contributed by atoms with Crippen LogP contribution >= 0.6 is 93.7 Å². The Bertz CT molecular complexity index is 2770. The number of imidazole rings is 1. The van der Waals surface area contributed by atoms with Crippen LogP contribution in [-0.2, 0) is 33.6 Å². The number of rotatable bonds is 20. The molecule has 1 aliphatic rings. The standard InChI is InChI=1S/C9H9N3OS.C9H8N2O2S.C9H8N2OS2.C9H9NO2S.C8H15NOS.C5H7NOS.C3H7NOS/c10-8(13)5-14-9-11-6-3-1-2-4-7(6)12-9;10-8(12)5-14-9-11-6-3-1-2-4-7(6)13-9;10-8(12)5-13-9-11-6-3-1-2-4-7(6)14-9;10-8(11)6-13-9(12)7-4-2-1-3-5-7;9-8(10)6-11-7-4-2-1-3-5-7;1-2-3-8-4-5(6)7;1-6-2-3(4)5/h1-4H,5H2,(H2,10,13)(H,11,12);2*1-4H,5H2,(H2,10,12);1-5H,6H2,(H2,10,11);7H,1-6H2,(H2,9,10);1H,3-4H2,(H2,6,7);2H2,1H3,(H2,4,5). The quantitative estimate of drug-likeness (QED) is 0.0224. The zero-order valence-electron chi connectivity index (χ0n) is 43.5. The molecule has 0 unspecified atom stereocenters. The van der Waals surface area contributed by atoms with E-state index in [1.807, 2.05) is 85.1 Å². The molecule has 3 heterocycles. The number of thioether (sulfide) groups is 7. The topological polar surface area (TPSA) is 386 Å². The van der Waals surface area contributed by atoms with E-state index in [4.69, 9.17) is 51.0 Å². The van der Waals surface area contributed by atoms with Crippen LogP contribution in [0.2, 0.25) is 0 Å². The van der Waals surface area contributed by atoms with E-state index in [0.29, 0.717) is 44.8 Å². The van der Waals surface area contributed by atoms with Crippen LogP contribution in [0, 0.1) is 12.3 Å². The van der Waals surface area contributed by atoms with E-state index in [0.717, 1.165) is 53.6 Å². The Kier molecular flexibility index (Phi) is 36.3. The second-order valence-corrected chi connectivity index (χ2v) is 24.0. The Labute approximate surface area is 497 Å². The van der Waals surface area contributed by atoms with Gasteiger partial charge in [0.2, 0.25) is 46.5 Å². The van der Waals surface area contributed by atoms with Crippen molar-refractivity contribution in [1.29, 1.82) is 0 Å². The molecular weight excluding hydrogens is 1180 g/mol. The first-order valence-electron chi connectivity index (χ1n) is 23.7. The Morgan fingerprint density at radius 3 is 1.68 bits per heavy atom. The second kappa shape index (κ2) is 41.7. The fourth-order valence-electron chi connectivity index (χ4n) is 5.81. The molecule has 8 rings (SSSR count). The summed E-state index contributed by atoms with van der Waals surface area (Å²) in [5, 5.41) is 1.78. The number of aromatic nitrogens is 4. The molecule has 0 saturated heterocycles. The van der Waals surface area contributed by atoms with Gasteiger partial charge in [-0.1, -0.05) is 139 Å². The van der Waals surface area contributed by atoms with Crippen molar-refractivity contribution in [2.75, 3.05) is 52.3 Å². The first-order valence-corrected chi connectivity index (χ1v) is 32.0. The fraction of sp³-hybridized carbons (Fsp3) is 0.288. The number of hydrogen-bond donors (Lipinski definition) is 8. The molecule has 15 N–H and O–H groups in total. The molecule has 1 saturated carbocycles. The molecule has 4 aromatic carbocycles. The lowest BCUT2D eigenvalue weighted by molar-refractivity contribution is -0.116. The predicted molar refractivity (Wildman–Crippen MR) is 333 cm³/mol. The third kappa shape index (κ3) is 33.3. The molecule has 80 heavy (non-hydrogen) atoms. The van der Waals surface area contributed by atoms with Gasteiger partial charge in [-0.15, -0.1) is 41.3 Å². The summed E-state index contributed by atoms with van der Waals surface area (Å²) in [5.74, 6) is 2.71. The molecule has 28 heteroatoms. The molecular formula is C52H63N11O9S8. The van der Waals surface area contributed by atoms with Gasteiger partial charge in [-0.3, -0.25) is 38.4 Å². The molecule has 1 aliphatic carbocycles. The maximum absolute atomic E-state index is 11.3. The first kappa shape index (κ1) is 69.8. The number of nitrogens with zero attached hydrogens (tertiary/aromatic N) is 3. The summed E-state index contributed by atoms with van der Waals surface area (Å²) in [6, 6.07) is 31.8. The van der Waals surface area contributed by atoms with Gasteiger partial charge in [-0.05, 0) is 55.5 Å². The smallest absolute Gasteiger partial charge is 0.257 e. The van der Waals surface area contributed by atoms with E-state index in [9.17, 15) is 38.4 Å². The van der Waals surface area contributed by atoms with Gasteiger partial charge in [-0.2, -0.15) is 11.8 Å². The predicted octanol–water partition coefficient (Wildman–Crippen LogP) is 6.67. The van der Waals surface area contributed by atoms with Crippen LogP contribution in [0.25, 0.3) is 32.3 Å². The van der Waals surface area contributed by atoms with E-state index in [1.165, 1.54) is 90.9 Å². The van der Waals surface area contributed by atoms with E-state index >= 15 is 0 Å². The van der Waals surface area contributed by atoms with E-state index < -0.39 is 5.91 Å². The molecule has 0 radical (unpaired) electrons. The van der Waals surface area contributed by atoms with Crippen molar-refractivity contribution in [2.45, 2.75) is 52.1 Å². The number of primary amides is 7. The highest BCUT2D eigenvalue weighted by Gasteiger charge is 2.14. The maximum atomic E-state index is 11.3. The Morgan fingerprint density at radius 2 is 1.12 bits per heavy atom. The largest absolute Gasteiger partial charge is 0.431 e. The number of thiazole rings is 1. The Hall–Kier alpha value is -6.32. The van der Waals surface area contributed by atoms with Crippen LogP contribution in [-0.4, -0.2) is 124 Å². The summed E-state index contributed by atoms with van der Waals surface area (Å²) in [6.45, 7) is 0. The molecule has 7 amide bonds.